The van der Waals surface area contributed by atoms with Gasteiger partial charge in [-0.1, -0.05) is 41.8 Å². The molecule has 2 heterocycles. The van der Waals surface area contributed by atoms with Gasteiger partial charge in [0.25, 0.3) is 0 Å². The van der Waals surface area contributed by atoms with Crippen molar-refractivity contribution >= 4 is 35.1 Å². The Kier molecular flexibility index (Phi) is 6.32. The van der Waals surface area contributed by atoms with E-state index in [9.17, 15) is 9.59 Å². The minimum Gasteiger partial charge on any atom is -0.478 e. The van der Waals surface area contributed by atoms with Crippen LogP contribution in [0, 0.1) is 5.92 Å². The van der Waals surface area contributed by atoms with Crippen LogP contribution in [0.2, 0.25) is 10.0 Å². The summed E-state index contributed by atoms with van der Waals surface area (Å²) in [6.07, 6.45) is 4.85. The smallest absolute Gasteiger partial charge is 0.335 e. The zero-order valence-electron chi connectivity index (χ0n) is 16.6. The molecule has 0 bridgehead atoms. The number of carbonyl (C=O) groups is 2. The van der Waals surface area contributed by atoms with E-state index in [0.29, 0.717) is 16.5 Å². The second kappa shape index (κ2) is 8.96. The quantitative estimate of drug-likeness (QED) is 0.689. The molecule has 2 aromatic carbocycles. The number of hydrogen-bond acceptors (Lipinski definition) is 3. The Morgan fingerprint density at radius 1 is 0.967 bits per heavy atom. The van der Waals surface area contributed by atoms with E-state index in [4.69, 9.17) is 28.3 Å². The van der Waals surface area contributed by atoms with Crippen LogP contribution in [0.4, 0.5) is 0 Å². The average molecular weight is 447 g/mol. The van der Waals surface area contributed by atoms with E-state index in [-0.39, 0.29) is 17.4 Å². The van der Waals surface area contributed by atoms with Crippen molar-refractivity contribution < 1.29 is 14.7 Å². The molecule has 2 saturated heterocycles. The lowest BCUT2D eigenvalue weighted by molar-refractivity contribution is -0.147. The molecule has 2 aromatic rings. The Balaban J connectivity index is 1.50. The van der Waals surface area contributed by atoms with Gasteiger partial charge in [-0.3, -0.25) is 9.80 Å². The van der Waals surface area contributed by atoms with Crippen LogP contribution in [0.3, 0.4) is 0 Å². The number of hydrazine groups is 1. The van der Waals surface area contributed by atoms with Crippen molar-refractivity contribution in [2.45, 2.75) is 32.1 Å². The Labute approximate surface area is 186 Å². The Hall–Kier alpha value is -2.08. The van der Waals surface area contributed by atoms with Crippen LogP contribution in [0.5, 0.6) is 0 Å². The van der Waals surface area contributed by atoms with Crippen molar-refractivity contribution in [3.05, 3.63) is 57.6 Å². The minimum absolute atomic E-state index is 0.109. The first kappa shape index (κ1) is 21.2. The molecule has 2 fully saturated rings. The summed E-state index contributed by atoms with van der Waals surface area (Å²) < 4.78 is 0. The number of benzene rings is 2. The van der Waals surface area contributed by atoms with Crippen LogP contribution in [0.1, 0.15) is 41.6 Å². The first-order chi connectivity index (χ1) is 14.4. The molecule has 0 radical (unpaired) electrons. The van der Waals surface area contributed by atoms with E-state index in [1.807, 2.05) is 17.1 Å². The monoisotopic (exact) mass is 446 g/mol. The number of piperidine rings is 1. The van der Waals surface area contributed by atoms with Crippen LogP contribution in [-0.4, -0.2) is 46.6 Å². The van der Waals surface area contributed by atoms with Crippen molar-refractivity contribution in [1.29, 1.82) is 0 Å². The van der Waals surface area contributed by atoms with Crippen LogP contribution >= 0.6 is 23.2 Å². The number of carboxylic acids is 1. The van der Waals surface area contributed by atoms with Crippen molar-refractivity contribution in [3.8, 4) is 11.1 Å². The normalized spacial score (nSPS) is 20.0. The highest BCUT2D eigenvalue weighted by atomic mass is 35.5. The van der Waals surface area contributed by atoms with Crippen LogP contribution in [-0.2, 0) is 11.2 Å². The molecule has 1 N–H and O–H groups in total. The highest BCUT2D eigenvalue weighted by Crippen LogP contribution is 2.35. The fraction of sp³-hybridized carbons (Fsp3) is 0.391. The number of nitrogens with zero attached hydrogens (tertiary/aromatic N) is 2. The fourth-order valence-corrected chi connectivity index (χ4v) is 4.97. The lowest BCUT2D eigenvalue weighted by Gasteiger charge is -2.34. The van der Waals surface area contributed by atoms with E-state index in [1.165, 1.54) is 6.42 Å². The summed E-state index contributed by atoms with van der Waals surface area (Å²) in [6.45, 7) is 2.66. The molecule has 4 rings (SSSR count). The topological polar surface area (TPSA) is 60.9 Å². The zero-order chi connectivity index (χ0) is 21.3. The molecule has 0 aromatic heterocycles. The van der Waals surface area contributed by atoms with Crippen molar-refractivity contribution in [3.63, 3.8) is 0 Å². The zero-order valence-corrected chi connectivity index (χ0v) is 18.1. The fourth-order valence-electron chi connectivity index (χ4n) is 4.33. The molecule has 0 spiro atoms. The summed E-state index contributed by atoms with van der Waals surface area (Å²) >= 11 is 13.1. The van der Waals surface area contributed by atoms with Gasteiger partial charge in [-0.25, -0.2) is 9.80 Å². The number of hydrogen-bond donors (Lipinski definition) is 1. The maximum Gasteiger partial charge on any atom is 0.335 e. The molecular formula is C23H24Cl2N2O3. The second-order valence-corrected chi connectivity index (χ2v) is 8.78. The van der Waals surface area contributed by atoms with Crippen LogP contribution < -0.4 is 0 Å². The number of amides is 1. The maximum absolute atomic E-state index is 13.0. The van der Waals surface area contributed by atoms with E-state index in [0.717, 1.165) is 55.6 Å². The summed E-state index contributed by atoms with van der Waals surface area (Å²) in [5.74, 6) is -0.909. The van der Waals surface area contributed by atoms with Gasteiger partial charge in [0.05, 0.1) is 5.56 Å². The van der Waals surface area contributed by atoms with Gasteiger partial charge in [0.2, 0.25) is 5.91 Å². The predicted octanol–water partition coefficient (Wildman–Crippen LogP) is 5.15. The Morgan fingerprint density at radius 3 is 2.20 bits per heavy atom. The third kappa shape index (κ3) is 4.34. The second-order valence-electron chi connectivity index (χ2n) is 7.97. The van der Waals surface area contributed by atoms with E-state index in [1.54, 1.807) is 24.3 Å². The Morgan fingerprint density at radius 2 is 1.60 bits per heavy atom. The average Bonchev–Trinajstić information content (AvgIpc) is 3.11. The van der Waals surface area contributed by atoms with Crippen molar-refractivity contribution in [2.75, 3.05) is 19.6 Å². The summed E-state index contributed by atoms with van der Waals surface area (Å²) in [7, 11) is 0. The van der Waals surface area contributed by atoms with E-state index < -0.39 is 5.97 Å². The lowest BCUT2D eigenvalue weighted by Crippen LogP contribution is -2.47. The minimum atomic E-state index is -0.965. The van der Waals surface area contributed by atoms with Gasteiger partial charge in [-0.2, -0.15) is 0 Å². The first-order valence-corrected chi connectivity index (χ1v) is 11.1. The molecular weight excluding hydrogens is 423 g/mol. The standard InChI is InChI=1S/C23H24Cl2N2O3/c24-20-13-18(15-4-6-16(7-5-15)23(29)30)14-21(25)19(20)12-17-8-11-27(22(17)28)26-9-2-1-3-10-26/h4-7,13-14,17H,1-3,8-12H2,(H,29,30). The van der Waals surface area contributed by atoms with Gasteiger partial charge in [-0.05, 0) is 66.6 Å². The number of rotatable bonds is 5. The molecule has 0 saturated carbocycles. The number of halogens is 2. The number of carboxylic acid groups (broad SMARTS) is 1. The van der Waals surface area contributed by atoms with Crippen molar-refractivity contribution in [2.24, 2.45) is 5.92 Å². The van der Waals surface area contributed by atoms with E-state index >= 15 is 0 Å². The lowest BCUT2D eigenvalue weighted by atomic mass is 9.95. The number of carbonyl (C=O) groups excluding carboxylic acids is 1. The number of aromatic carboxylic acids is 1. The molecule has 2 aliphatic rings. The van der Waals surface area contributed by atoms with Gasteiger partial charge < -0.3 is 5.11 Å². The third-order valence-corrected chi connectivity index (χ3v) is 6.70. The van der Waals surface area contributed by atoms with Crippen LogP contribution in [0.15, 0.2) is 36.4 Å². The van der Waals surface area contributed by atoms with Crippen molar-refractivity contribution in [1.82, 2.24) is 10.0 Å². The molecule has 5 nitrogen and oxygen atoms in total. The molecule has 1 unspecified atom stereocenters. The molecule has 7 heteroatoms. The highest BCUT2D eigenvalue weighted by molar-refractivity contribution is 6.36. The molecule has 30 heavy (non-hydrogen) atoms. The van der Waals surface area contributed by atoms with Gasteiger partial charge in [0, 0.05) is 35.6 Å². The molecule has 1 atom stereocenters. The predicted molar refractivity (Wildman–Crippen MR) is 118 cm³/mol. The summed E-state index contributed by atoms with van der Waals surface area (Å²) in [5.41, 5.74) is 2.68. The third-order valence-electron chi connectivity index (χ3n) is 6.02. The van der Waals surface area contributed by atoms with Gasteiger partial charge in [0.15, 0.2) is 0 Å². The summed E-state index contributed by atoms with van der Waals surface area (Å²) in [6, 6.07) is 10.3. The molecule has 2 aliphatic heterocycles. The van der Waals surface area contributed by atoms with Gasteiger partial charge in [-0.15, -0.1) is 0 Å². The summed E-state index contributed by atoms with van der Waals surface area (Å²) in [4.78, 5) is 24.0. The van der Waals surface area contributed by atoms with Gasteiger partial charge in [0.1, 0.15) is 0 Å². The highest BCUT2D eigenvalue weighted by Gasteiger charge is 2.36. The largest absolute Gasteiger partial charge is 0.478 e. The summed E-state index contributed by atoms with van der Waals surface area (Å²) in [5, 5.41) is 14.2. The SMILES string of the molecule is O=C(O)c1ccc(-c2cc(Cl)c(CC3CCN(N4CCCCC4)C3=O)c(Cl)c2)cc1. The maximum atomic E-state index is 13.0. The van der Waals surface area contributed by atoms with Gasteiger partial charge >= 0.3 is 5.97 Å². The van der Waals surface area contributed by atoms with Crippen LogP contribution in [0.25, 0.3) is 11.1 Å². The molecule has 158 valence electrons. The molecule has 0 aliphatic carbocycles. The Bertz CT molecular complexity index is 932. The molecule has 1 amide bonds. The van der Waals surface area contributed by atoms with E-state index in [2.05, 4.69) is 5.01 Å². The first-order valence-electron chi connectivity index (χ1n) is 10.3.